The molecule has 3 atom stereocenters. The van der Waals surface area contributed by atoms with E-state index in [9.17, 15) is 9.59 Å². The SMILES string of the molecule is COc1ccc(C2CCCN2C(=O)COC(=O)C(C)OCC2CCCO2)cc1. The zero-order valence-electron chi connectivity index (χ0n) is 16.6. The fraction of sp³-hybridized carbons (Fsp3) is 0.619. The summed E-state index contributed by atoms with van der Waals surface area (Å²) in [6.45, 7) is 3.15. The number of rotatable bonds is 8. The predicted octanol–water partition coefficient (Wildman–Crippen LogP) is 2.49. The van der Waals surface area contributed by atoms with Gasteiger partial charge >= 0.3 is 5.97 Å². The van der Waals surface area contributed by atoms with Gasteiger partial charge in [-0.2, -0.15) is 0 Å². The molecule has 154 valence electrons. The standard InChI is InChI=1S/C21H29NO6/c1-15(27-13-18-5-4-12-26-18)21(24)28-14-20(23)22-11-3-6-19(22)16-7-9-17(25-2)10-8-16/h7-10,15,18-19H,3-6,11-14H2,1-2H3. The van der Waals surface area contributed by atoms with E-state index in [1.807, 2.05) is 24.3 Å². The van der Waals surface area contributed by atoms with E-state index in [0.29, 0.717) is 13.2 Å². The molecule has 1 aromatic carbocycles. The van der Waals surface area contributed by atoms with E-state index in [0.717, 1.165) is 43.6 Å². The van der Waals surface area contributed by atoms with Crippen LogP contribution in [0.5, 0.6) is 5.75 Å². The minimum absolute atomic E-state index is 0.00490. The second kappa shape index (κ2) is 9.89. The molecule has 2 aliphatic heterocycles. The second-order valence-corrected chi connectivity index (χ2v) is 7.24. The molecule has 28 heavy (non-hydrogen) atoms. The Labute approximate surface area is 165 Å². The Bertz CT molecular complexity index is 655. The van der Waals surface area contributed by atoms with Gasteiger partial charge in [0.15, 0.2) is 12.7 Å². The van der Waals surface area contributed by atoms with Gasteiger partial charge in [-0.1, -0.05) is 12.1 Å². The zero-order valence-corrected chi connectivity index (χ0v) is 16.6. The summed E-state index contributed by atoms with van der Waals surface area (Å²) in [5.74, 6) is 0.0788. The smallest absolute Gasteiger partial charge is 0.335 e. The van der Waals surface area contributed by atoms with Crippen LogP contribution in [0.15, 0.2) is 24.3 Å². The van der Waals surface area contributed by atoms with Crippen molar-refractivity contribution < 1.29 is 28.5 Å². The van der Waals surface area contributed by atoms with Crippen molar-refractivity contribution in [2.24, 2.45) is 0 Å². The van der Waals surface area contributed by atoms with E-state index in [1.54, 1.807) is 18.9 Å². The van der Waals surface area contributed by atoms with Gasteiger partial charge in [-0.25, -0.2) is 4.79 Å². The van der Waals surface area contributed by atoms with Gasteiger partial charge in [0.2, 0.25) is 0 Å². The average molecular weight is 391 g/mol. The molecule has 0 saturated carbocycles. The van der Waals surface area contributed by atoms with Gasteiger partial charge in [0.1, 0.15) is 5.75 Å². The highest BCUT2D eigenvalue weighted by Gasteiger charge is 2.31. The molecule has 2 fully saturated rings. The van der Waals surface area contributed by atoms with Gasteiger partial charge in [-0.05, 0) is 50.3 Å². The monoisotopic (exact) mass is 391 g/mol. The minimum Gasteiger partial charge on any atom is -0.497 e. The van der Waals surface area contributed by atoms with Gasteiger partial charge in [0, 0.05) is 13.2 Å². The summed E-state index contributed by atoms with van der Waals surface area (Å²) in [6, 6.07) is 7.74. The van der Waals surface area contributed by atoms with Crippen molar-refractivity contribution in [3.8, 4) is 5.75 Å². The molecule has 3 unspecified atom stereocenters. The summed E-state index contributed by atoms with van der Waals surface area (Å²) in [4.78, 5) is 26.5. The van der Waals surface area contributed by atoms with Crippen molar-refractivity contribution >= 4 is 11.9 Å². The highest BCUT2D eigenvalue weighted by Crippen LogP contribution is 2.32. The van der Waals surface area contributed by atoms with Crippen LogP contribution in [0.4, 0.5) is 0 Å². The van der Waals surface area contributed by atoms with Crippen molar-refractivity contribution in [3.05, 3.63) is 29.8 Å². The zero-order chi connectivity index (χ0) is 19.9. The van der Waals surface area contributed by atoms with E-state index in [1.165, 1.54) is 0 Å². The fourth-order valence-corrected chi connectivity index (χ4v) is 3.67. The molecule has 0 aliphatic carbocycles. The summed E-state index contributed by atoms with van der Waals surface area (Å²) in [5, 5.41) is 0. The van der Waals surface area contributed by atoms with Crippen molar-refractivity contribution in [2.45, 2.75) is 50.9 Å². The van der Waals surface area contributed by atoms with E-state index < -0.39 is 12.1 Å². The molecule has 1 aromatic rings. The lowest BCUT2D eigenvalue weighted by atomic mass is 10.0. The number of carbonyl (C=O) groups excluding carboxylic acids is 2. The van der Waals surface area contributed by atoms with Gasteiger partial charge in [0.25, 0.3) is 5.91 Å². The molecular weight excluding hydrogens is 362 g/mol. The normalized spacial score (nSPS) is 22.9. The van der Waals surface area contributed by atoms with Crippen LogP contribution in [-0.2, 0) is 23.8 Å². The highest BCUT2D eigenvalue weighted by atomic mass is 16.6. The maximum Gasteiger partial charge on any atom is 0.335 e. The lowest BCUT2D eigenvalue weighted by Crippen LogP contribution is -2.36. The summed E-state index contributed by atoms with van der Waals surface area (Å²) in [7, 11) is 1.63. The van der Waals surface area contributed by atoms with Crippen molar-refractivity contribution in [3.63, 3.8) is 0 Å². The van der Waals surface area contributed by atoms with Crippen molar-refractivity contribution in [2.75, 3.05) is 33.5 Å². The molecule has 0 radical (unpaired) electrons. The molecule has 0 spiro atoms. The van der Waals surface area contributed by atoms with Gasteiger partial charge in [-0.15, -0.1) is 0 Å². The van der Waals surface area contributed by atoms with Crippen molar-refractivity contribution in [1.29, 1.82) is 0 Å². The lowest BCUT2D eigenvalue weighted by molar-refractivity contribution is -0.163. The molecular formula is C21H29NO6. The van der Waals surface area contributed by atoms with E-state index in [4.69, 9.17) is 18.9 Å². The average Bonchev–Trinajstić information content (AvgIpc) is 3.42. The number of hydrogen-bond donors (Lipinski definition) is 0. The Morgan fingerprint density at radius 2 is 2.00 bits per heavy atom. The number of esters is 1. The fourth-order valence-electron chi connectivity index (χ4n) is 3.67. The van der Waals surface area contributed by atoms with Crippen LogP contribution in [0.25, 0.3) is 0 Å². The minimum atomic E-state index is -0.715. The van der Waals surface area contributed by atoms with Gasteiger partial charge < -0.3 is 23.8 Å². The van der Waals surface area contributed by atoms with Crippen LogP contribution < -0.4 is 4.74 Å². The summed E-state index contributed by atoms with van der Waals surface area (Å²) in [6.07, 6.45) is 3.12. The topological polar surface area (TPSA) is 74.3 Å². The summed E-state index contributed by atoms with van der Waals surface area (Å²) < 4.78 is 21.4. The largest absolute Gasteiger partial charge is 0.497 e. The molecule has 2 aliphatic rings. The Balaban J connectivity index is 1.46. The van der Waals surface area contributed by atoms with Crippen LogP contribution in [0.2, 0.25) is 0 Å². The van der Waals surface area contributed by atoms with Gasteiger partial charge in [0.05, 0.1) is 25.9 Å². The number of nitrogens with zero attached hydrogens (tertiary/aromatic N) is 1. The third-order valence-electron chi connectivity index (χ3n) is 5.30. The first kappa shape index (κ1) is 20.6. The first-order chi connectivity index (χ1) is 13.6. The highest BCUT2D eigenvalue weighted by molar-refractivity contribution is 5.82. The van der Waals surface area contributed by atoms with Crippen LogP contribution in [0, 0.1) is 0 Å². The number of ether oxygens (including phenoxy) is 4. The van der Waals surface area contributed by atoms with E-state index in [-0.39, 0.29) is 24.7 Å². The van der Waals surface area contributed by atoms with E-state index in [2.05, 4.69) is 0 Å². The van der Waals surface area contributed by atoms with Crippen molar-refractivity contribution in [1.82, 2.24) is 4.90 Å². The maximum absolute atomic E-state index is 12.6. The third kappa shape index (κ3) is 5.23. The Morgan fingerprint density at radius 1 is 1.21 bits per heavy atom. The van der Waals surface area contributed by atoms with E-state index >= 15 is 0 Å². The molecule has 0 N–H and O–H groups in total. The number of carbonyl (C=O) groups is 2. The quantitative estimate of drug-likeness (QED) is 0.634. The van der Waals surface area contributed by atoms with Crippen LogP contribution >= 0.6 is 0 Å². The number of benzene rings is 1. The molecule has 3 rings (SSSR count). The van der Waals surface area contributed by atoms with Crippen LogP contribution in [-0.4, -0.2) is 62.5 Å². The molecule has 1 amide bonds. The molecule has 7 nitrogen and oxygen atoms in total. The Morgan fingerprint density at radius 3 is 2.68 bits per heavy atom. The molecule has 0 aromatic heterocycles. The number of methoxy groups -OCH3 is 1. The van der Waals surface area contributed by atoms with Gasteiger partial charge in [-0.3, -0.25) is 4.79 Å². The first-order valence-electron chi connectivity index (χ1n) is 9.91. The summed E-state index contributed by atoms with van der Waals surface area (Å²) in [5.41, 5.74) is 1.06. The second-order valence-electron chi connectivity index (χ2n) is 7.24. The molecule has 0 bridgehead atoms. The van der Waals surface area contributed by atoms with Crippen LogP contribution in [0.1, 0.15) is 44.2 Å². The maximum atomic E-state index is 12.6. The molecule has 2 saturated heterocycles. The first-order valence-corrected chi connectivity index (χ1v) is 9.91. The lowest BCUT2D eigenvalue weighted by Gasteiger charge is -2.25. The van der Waals surface area contributed by atoms with Crippen LogP contribution in [0.3, 0.4) is 0 Å². The predicted molar refractivity (Wildman–Crippen MR) is 102 cm³/mol. The number of hydrogen-bond acceptors (Lipinski definition) is 6. The molecule has 2 heterocycles. The number of likely N-dealkylation sites (tertiary alicyclic amines) is 1. The summed E-state index contributed by atoms with van der Waals surface area (Å²) >= 11 is 0. The molecule has 7 heteroatoms. The third-order valence-corrected chi connectivity index (χ3v) is 5.30. The Kier molecular flexibility index (Phi) is 7.28. The number of amides is 1. The Hall–Kier alpha value is -2.12.